The molecule has 0 radical (unpaired) electrons. The summed E-state index contributed by atoms with van der Waals surface area (Å²) in [6, 6.07) is 17.0. The van der Waals surface area contributed by atoms with Crippen LogP contribution in [-0.4, -0.2) is 33.3 Å². The smallest absolute Gasteiger partial charge is 0.142 e. The van der Waals surface area contributed by atoms with Gasteiger partial charge in [-0.3, -0.25) is 0 Å². The topological polar surface area (TPSA) is 15.7 Å². The van der Waals surface area contributed by atoms with E-state index >= 15 is 0 Å². The zero-order valence-electron chi connectivity index (χ0n) is 12.1. The Hall–Kier alpha value is -1.43. The molecular formula is C17H19IN2O. The van der Waals surface area contributed by atoms with Crippen molar-refractivity contribution in [2.24, 2.45) is 0 Å². The Balaban J connectivity index is 1.70. The molecule has 0 aliphatic carbocycles. The van der Waals surface area contributed by atoms with E-state index in [0.717, 1.165) is 31.9 Å². The molecule has 3 nitrogen and oxygen atoms in total. The van der Waals surface area contributed by atoms with Crippen LogP contribution in [0.2, 0.25) is 0 Å². The minimum Gasteiger partial charge on any atom is -0.495 e. The molecule has 2 aromatic carbocycles. The third kappa shape index (κ3) is 3.26. The minimum atomic E-state index is 0.959. The Morgan fingerprint density at radius 2 is 1.62 bits per heavy atom. The summed E-state index contributed by atoms with van der Waals surface area (Å²) in [5, 5.41) is 0. The molecule has 1 fully saturated rings. The molecule has 0 aromatic heterocycles. The van der Waals surface area contributed by atoms with E-state index in [1.807, 2.05) is 12.1 Å². The fourth-order valence-corrected chi connectivity index (χ4v) is 3.30. The van der Waals surface area contributed by atoms with Crippen LogP contribution in [-0.2, 0) is 0 Å². The predicted molar refractivity (Wildman–Crippen MR) is 96.6 cm³/mol. The molecule has 4 heteroatoms. The predicted octanol–water partition coefficient (Wildman–Crippen LogP) is 3.63. The summed E-state index contributed by atoms with van der Waals surface area (Å²) >= 11 is 2.37. The van der Waals surface area contributed by atoms with Gasteiger partial charge < -0.3 is 14.5 Å². The van der Waals surface area contributed by atoms with Gasteiger partial charge in [-0.2, -0.15) is 0 Å². The molecule has 0 bridgehead atoms. The van der Waals surface area contributed by atoms with Gasteiger partial charge in [-0.05, 0) is 52.9 Å². The molecule has 0 spiro atoms. The van der Waals surface area contributed by atoms with Gasteiger partial charge in [0.1, 0.15) is 5.75 Å². The highest BCUT2D eigenvalue weighted by molar-refractivity contribution is 14.1. The summed E-state index contributed by atoms with van der Waals surface area (Å²) in [6.07, 6.45) is 0. The lowest BCUT2D eigenvalue weighted by Crippen LogP contribution is -2.46. The number of benzene rings is 2. The van der Waals surface area contributed by atoms with Gasteiger partial charge in [0.15, 0.2) is 0 Å². The molecule has 1 aliphatic rings. The van der Waals surface area contributed by atoms with E-state index in [1.54, 1.807) is 7.11 Å². The summed E-state index contributed by atoms with van der Waals surface area (Å²) < 4.78 is 6.76. The molecule has 0 atom stereocenters. The normalized spacial score (nSPS) is 15.1. The summed E-state index contributed by atoms with van der Waals surface area (Å²) in [7, 11) is 1.74. The number of piperazine rings is 1. The van der Waals surface area contributed by atoms with E-state index in [0.29, 0.717) is 0 Å². The molecule has 0 amide bonds. The number of anilines is 2. The first-order valence-corrected chi connectivity index (χ1v) is 8.24. The van der Waals surface area contributed by atoms with Crippen molar-refractivity contribution in [2.75, 3.05) is 43.1 Å². The lowest BCUT2D eigenvalue weighted by atomic mass is 10.2. The SMILES string of the molecule is COc1ccccc1N1CCN(c2cccc(I)c2)CC1. The van der Waals surface area contributed by atoms with Crippen molar-refractivity contribution >= 4 is 34.0 Å². The maximum absolute atomic E-state index is 5.47. The first-order chi connectivity index (χ1) is 10.3. The zero-order chi connectivity index (χ0) is 14.7. The van der Waals surface area contributed by atoms with Crippen LogP contribution in [0.25, 0.3) is 0 Å². The van der Waals surface area contributed by atoms with Crippen molar-refractivity contribution in [3.8, 4) is 5.75 Å². The molecule has 0 N–H and O–H groups in total. The third-order valence-electron chi connectivity index (χ3n) is 3.88. The van der Waals surface area contributed by atoms with Gasteiger partial charge in [0, 0.05) is 35.4 Å². The highest BCUT2D eigenvalue weighted by Gasteiger charge is 2.19. The number of hydrogen-bond donors (Lipinski definition) is 0. The van der Waals surface area contributed by atoms with Crippen LogP contribution in [0.4, 0.5) is 11.4 Å². The number of hydrogen-bond acceptors (Lipinski definition) is 3. The van der Waals surface area contributed by atoms with Crippen LogP contribution >= 0.6 is 22.6 Å². The van der Waals surface area contributed by atoms with Gasteiger partial charge in [0.05, 0.1) is 12.8 Å². The Bertz CT molecular complexity index is 609. The lowest BCUT2D eigenvalue weighted by molar-refractivity contribution is 0.413. The highest BCUT2D eigenvalue weighted by atomic mass is 127. The molecule has 0 saturated carbocycles. The summed E-state index contributed by atoms with van der Waals surface area (Å²) in [6.45, 7) is 4.12. The second-order valence-corrected chi connectivity index (χ2v) is 6.37. The van der Waals surface area contributed by atoms with Crippen molar-refractivity contribution in [1.29, 1.82) is 0 Å². The maximum Gasteiger partial charge on any atom is 0.142 e. The number of rotatable bonds is 3. The van der Waals surface area contributed by atoms with Crippen molar-refractivity contribution < 1.29 is 4.74 Å². The Morgan fingerprint density at radius 3 is 2.33 bits per heavy atom. The number of para-hydroxylation sites is 2. The van der Waals surface area contributed by atoms with E-state index in [9.17, 15) is 0 Å². The standard InChI is InChI=1S/C17H19IN2O/c1-21-17-8-3-2-7-16(17)20-11-9-19(10-12-20)15-6-4-5-14(18)13-15/h2-8,13H,9-12H2,1H3. The summed E-state index contributed by atoms with van der Waals surface area (Å²) in [5.41, 5.74) is 2.52. The van der Waals surface area contributed by atoms with Gasteiger partial charge in [-0.15, -0.1) is 0 Å². The molecule has 1 heterocycles. The Morgan fingerprint density at radius 1 is 0.905 bits per heavy atom. The van der Waals surface area contributed by atoms with Crippen LogP contribution < -0.4 is 14.5 Å². The second-order valence-electron chi connectivity index (χ2n) is 5.13. The van der Waals surface area contributed by atoms with E-state index in [4.69, 9.17) is 4.74 Å². The molecule has 2 aromatic rings. The van der Waals surface area contributed by atoms with Gasteiger partial charge >= 0.3 is 0 Å². The Kier molecular flexibility index (Phi) is 4.53. The largest absolute Gasteiger partial charge is 0.495 e. The highest BCUT2D eigenvalue weighted by Crippen LogP contribution is 2.29. The first-order valence-electron chi connectivity index (χ1n) is 7.16. The van der Waals surface area contributed by atoms with E-state index in [1.165, 1.54) is 14.9 Å². The molecule has 3 rings (SSSR count). The van der Waals surface area contributed by atoms with Gasteiger partial charge in [0.25, 0.3) is 0 Å². The van der Waals surface area contributed by atoms with Crippen molar-refractivity contribution in [3.63, 3.8) is 0 Å². The maximum atomic E-state index is 5.47. The van der Waals surface area contributed by atoms with Gasteiger partial charge in [0.2, 0.25) is 0 Å². The van der Waals surface area contributed by atoms with E-state index in [2.05, 4.69) is 68.8 Å². The monoisotopic (exact) mass is 394 g/mol. The van der Waals surface area contributed by atoms with Crippen LogP contribution in [0.3, 0.4) is 0 Å². The van der Waals surface area contributed by atoms with Crippen molar-refractivity contribution in [3.05, 3.63) is 52.1 Å². The van der Waals surface area contributed by atoms with Crippen molar-refractivity contribution in [2.45, 2.75) is 0 Å². The number of ether oxygens (including phenoxy) is 1. The zero-order valence-corrected chi connectivity index (χ0v) is 14.3. The number of methoxy groups -OCH3 is 1. The summed E-state index contributed by atoms with van der Waals surface area (Å²) in [5.74, 6) is 0.959. The third-order valence-corrected chi connectivity index (χ3v) is 4.55. The minimum absolute atomic E-state index is 0.959. The number of nitrogens with zero attached hydrogens (tertiary/aromatic N) is 2. The van der Waals surface area contributed by atoms with E-state index in [-0.39, 0.29) is 0 Å². The molecule has 1 aliphatic heterocycles. The average molecular weight is 394 g/mol. The fourth-order valence-electron chi connectivity index (χ4n) is 2.77. The molecule has 110 valence electrons. The van der Waals surface area contributed by atoms with Crippen LogP contribution in [0.1, 0.15) is 0 Å². The van der Waals surface area contributed by atoms with Crippen molar-refractivity contribution in [1.82, 2.24) is 0 Å². The van der Waals surface area contributed by atoms with Crippen LogP contribution in [0.5, 0.6) is 5.75 Å². The average Bonchev–Trinajstić information content (AvgIpc) is 2.55. The lowest BCUT2D eigenvalue weighted by Gasteiger charge is -2.37. The summed E-state index contributed by atoms with van der Waals surface area (Å²) in [4.78, 5) is 4.86. The van der Waals surface area contributed by atoms with Crippen LogP contribution in [0, 0.1) is 3.57 Å². The number of halogens is 1. The van der Waals surface area contributed by atoms with Gasteiger partial charge in [-0.25, -0.2) is 0 Å². The quantitative estimate of drug-likeness (QED) is 0.740. The molecule has 0 unspecified atom stereocenters. The fraction of sp³-hybridized carbons (Fsp3) is 0.294. The first kappa shape index (κ1) is 14.5. The van der Waals surface area contributed by atoms with E-state index < -0.39 is 0 Å². The molecule has 1 saturated heterocycles. The second kappa shape index (κ2) is 6.56. The molecular weight excluding hydrogens is 375 g/mol. The van der Waals surface area contributed by atoms with Gasteiger partial charge in [-0.1, -0.05) is 18.2 Å². The Labute approximate surface area is 139 Å². The van der Waals surface area contributed by atoms with Crippen LogP contribution in [0.15, 0.2) is 48.5 Å². The molecule has 21 heavy (non-hydrogen) atoms.